The molecule has 0 aliphatic rings. The summed E-state index contributed by atoms with van der Waals surface area (Å²) in [7, 11) is 1.81. The van der Waals surface area contributed by atoms with Crippen molar-refractivity contribution in [2.75, 3.05) is 13.6 Å². The zero-order valence-electron chi connectivity index (χ0n) is 11.5. The predicted octanol–water partition coefficient (Wildman–Crippen LogP) is 2.49. The van der Waals surface area contributed by atoms with Crippen LogP contribution in [0.4, 0.5) is 4.39 Å². The van der Waals surface area contributed by atoms with Crippen molar-refractivity contribution in [2.24, 2.45) is 5.92 Å². The van der Waals surface area contributed by atoms with Gasteiger partial charge in [-0.05, 0) is 38.1 Å². The molecule has 0 fully saturated rings. The number of halogens is 2. The molecule has 0 heterocycles. The molecule has 3 nitrogen and oxygen atoms in total. The van der Waals surface area contributed by atoms with E-state index in [1.54, 1.807) is 12.1 Å². The van der Waals surface area contributed by atoms with Gasteiger partial charge in [0.2, 0.25) is 5.91 Å². The first-order chi connectivity index (χ1) is 8.93. The van der Waals surface area contributed by atoms with Gasteiger partial charge in [0.15, 0.2) is 0 Å². The van der Waals surface area contributed by atoms with Gasteiger partial charge in [-0.3, -0.25) is 4.79 Å². The molecule has 5 heteroatoms. The highest BCUT2D eigenvalue weighted by molar-refractivity contribution is 9.10. The van der Waals surface area contributed by atoms with Gasteiger partial charge in [0.25, 0.3) is 0 Å². The van der Waals surface area contributed by atoms with Crippen LogP contribution in [0.25, 0.3) is 0 Å². The second-order valence-electron chi connectivity index (χ2n) is 4.81. The van der Waals surface area contributed by atoms with Crippen LogP contribution in [-0.2, 0) is 11.2 Å². The summed E-state index contributed by atoms with van der Waals surface area (Å²) in [5.74, 6) is -0.361. The van der Waals surface area contributed by atoms with Crippen LogP contribution in [0.3, 0.4) is 0 Å². The third-order valence-electron chi connectivity index (χ3n) is 2.89. The van der Waals surface area contributed by atoms with Crippen molar-refractivity contribution in [3.05, 3.63) is 34.1 Å². The Balaban J connectivity index is 2.55. The number of carbonyl (C=O) groups excluding carboxylic acids is 1. The van der Waals surface area contributed by atoms with Crippen molar-refractivity contribution < 1.29 is 9.18 Å². The largest absolute Gasteiger partial charge is 0.353 e. The van der Waals surface area contributed by atoms with Gasteiger partial charge >= 0.3 is 0 Å². The number of carbonyl (C=O) groups is 1. The summed E-state index contributed by atoms with van der Waals surface area (Å²) in [6.45, 7) is 4.37. The zero-order valence-corrected chi connectivity index (χ0v) is 13.1. The molecule has 0 bridgehead atoms. The third-order valence-corrected chi connectivity index (χ3v) is 3.38. The average Bonchev–Trinajstić information content (AvgIpc) is 2.33. The van der Waals surface area contributed by atoms with Gasteiger partial charge in [0.05, 0.1) is 0 Å². The maximum Gasteiger partial charge on any atom is 0.224 e. The van der Waals surface area contributed by atoms with Crippen molar-refractivity contribution in [2.45, 2.75) is 26.3 Å². The van der Waals surface area contributed by atoms with Gasteiger partial charge in [-0.1, -0.05) is 28.9 Å². The normalized spacial score (nSPS) is 13.9. The lowest BCUT2D eigenvalue weighted by atomic mass is 10.1. The van der Waals surface area contributed by atoms with E-state index in [9.17, 15) is 9.18 Å². The lowest BCUT2D eigenvalue weighted by molar-refractivity contribution is -0.124. The predicted molar refractivity (Wildman–Crippen MR) is 78.5 cm³/mol. The molecule has 0 saturated carbocycles. The molecule has 1 aromatic rings. The van der Waals surface area contributed by atoms with Gasteiger partial charge in [-0.25, -0.2) is 4.39 Å². The first-order valence-corrected chi connectivity index (χ1v) is 7.12. The Bertz CT molecular complexity index is 439. The molecule has 0 spiro atoms. The maximum absolute atomic E-state index is 13.7. The number of rotatable bonds is 6. The van der Waals surface area contributed by atoms with Crippen molar-refractivity contribution in [3.8, 4) is 0 Å². The summed E-state index contributed by atoms with van der Waals surface area (Å²) in [5, 5.41) is 5.86. The van der Waals surface area contributed by atoms with E-state index < -0.39 is 0 Å². The number of benzene rings is 1. The van der Waals surface area contributed by atoms with E-state index in [2.05, 4.69) is 26.6 Å². The lowest BCUT2D eigenvalue weighted by Gasteiger charge is -2.17. The Morgan fingerprint density at radius 1 is 1.42 bits per heavy atom. The second kappa shape index (κ2) is 7.60. The highest BCUT2D eigenvalue weighted by Gasteiger charge is 2.15. The highest BCUT2D eigenvalue weighted by atomic mass is 79.9. The molecule has 1 aromatic carbocycles. The minimum atomic E-state index is -0.251. The second-order valence-corrected chi connectivity index (χ2v) is 5.72. The Kier molecular flexibility index (Phi) is 6.45. The van der Waals surface area contributed by atoms with Gasteiger partial charge in [-0.2, -0.15) is 0 Å². The Morgan fingerprint density at radius 2 is 2.11 bits per heavy atom. The molecule has 0 saturated heterocycles. The Labute approximate surface area is 122 Å². The molecule has 0 radical (unpaired) electrons. The summed E-state index contributed by atoms with van der Waals surface area (Å²) >= 11 is 3.22. The van der Waals surface area contributed by atoms with Gasteiger partial charge in [-0.15, -0.1) is 0 Å². The standard InChI is InChI=1S/C14H20BrFN2O/c1-9(8-17-3)14(19)18-10(2)6-11-4-5-12(15)7-13(11)16/h4-5,7,9-10,17H,6,8H2,1-3H3,(H,18,19)/t9-,10+/m1/s1. The topological polar surface area (TPSA) is 41.1 Å². The summed E-state index contributed by atoms with van der Waals surface area (Å²) < 4.78 is 14.4. The smallest absolute Gasteiger partial charge is 0.224 e. The van der Waals surface area contributed by atoms with Crippen LogP contribution in [0.1, 0.15) is 19.4 Å². The summed E-state index contributed by atoms with van der Waals surface area (Å²) in [5.41, 5.74) is 0.609. The molecular formula is C14H20BrFN2O. The number of hydrogen-bond acceptors (Lipinski definition) is 2. The van der Waals surface area contributed by atoms with Crippen LogP contribution in [0.5, 0.6) is 0 Å². The molecule has 0 aliphatic heterocycles. The molecule has 19 heavy (non-hydrogen) atoms. The SMILES string of the molecule is CNC[C@@H](C)C(=O)N[C@@H](C)Cc1ccc(Br)cc1F. The van der Waals surface area contributed by atoms with E-state index in [1.807, 2.05) is 20.9 Å². The lowest BCUT2D eigenvalue weighted by Crippen LogP contribution is -2.40. The average molecular weight is 331 g/mol. The zero-order chi connectivity index (χ0) is 14.4. The molecule has 0 aliphatic carbocycles. The molecule has 2 atom stereocenters. The number of nitrogens with one attached hydrogen (secondary N) is 2. The number of hydrogen-bond donors (Lipinski definition) is 2. The van der Waals surface area contributed by atoms with E-state index in [4.69, 9.17) is 0 Å². The first kappa shape index (κ1) is 16.1. The van der Waals surface area contributed by atoms with Crippen LogP contribution >= 0.6 is 15.9 Å². The van der Waals surface area contributed by atoms with Gasteiger partial charge in [0.1, 0.15) is 5.82 Å². The van der Waals surface area contributed by atoms with E-state index in [1.165, 1.54) is 6.07 Å². The molecule has 1 rings (SSSR count). The summed E-state index contributed by atoms with van der Waals surface area (Å²) in [6.07, 6.45) is 0.483. The van der Waals surface area contributed by atoms with Crippen LogP contribution < -0.4 is 10.6 Å². The molecule has 1 amide bonds. The van der Waals surface area contributed by atoms with Crippen LogP contribution in [0, 0.1) is 11.7 Å². The molecule has 0 aromatic heterocycles. The minimum Gasteiger partial charge on any atom is -0.353 e. The van der Waals surface area contributed by atoms with Crippen LogP contribution in [0.2, 0.25) is 0 Å². The van der Waals surface area contributed by atoms with Crippen molar-refractivity contribution >= 4 is 21.8 Å². The van der Waals surface area contributed by atoms with E-state index in [0.717, 1.165) is 0 Å². The van der Waals surface area contributed by atoms with E-state index >= 15 is 0 Å². The highest BCUT2D eigenvalue weighted by Crippen LogP contribution is 2.16. The van der Waals surface area contributed by atoms with Crippen LogP contribution in [-0.4, -0.2) is 25.5 Å². The summed E-state index contributed by atoms with van der Waals surface area (Å²) in [4.78, 5) is 11.8. The van der Waals surface area contributed by atoms with Crippen molar-refractivity contribution in [1.29, 1.82) is 0 Å². The van der Waals surface area contributed by atoms with E-state index in [-0.39, 0.29) is 23.7 Å². The van der Waals surface area contributed by atoms with E-state index in [0.29, 0.717) is 23.0 Å². The Morgan fingerprint density at radius 3 is 2.68 bits per heavy atom. The number of amides is 1. The first-order valence-electron chi connectivity index (χ1n) is 6.33. The quantitative estimate of drug-likeness (QED) is 0.841. The monoisotopic (exact) mass is 330 g/mol. The van der Waals surface area contributed by atoms with Gasteiger partial charge in [0, 0.05) is 23.0 Å². The minimum absolute atomic E-state index is 0.0145. The molecule has 106 valence electrons. The Hall–Kier alpha value is -0.940. The molecular weight excluding hydrogens is 311 g/mol. The maximum atomic E-state index is 13.7. The fraction of sp³-hybridized carbons (Fsp3) is 0.500. The van der Waals surface area contributed by atoms with Crippen molar-refractivity contribution in [1.82, 2.24) is 10.6 Å². The summed E-state index contributed by atoms with van der Waals surface area (Å²) in [6, 6.07) is 4.88. The fourth-order valence-electron chi connectivity index (χ4n) is 1.85. The molecule has 2 N–H and O–H groups in total. The third kappa shape index (κ3) is 5.28. The molecule has 0 unspecified atom stereocenters. The van der Waals surface area contributed by atoms with Gasteiger partial charge < -0.3 is 10.6 Å². The van der Waals surface area contributed by atoms with Crippen molar-refractivity contribution in [3.63, 3.8) is 0 Å². The van der Waals surface area contributed by atoms with Crippen LogP contribution in [0.15, 0.2) is 22.7 Å². The fourth-order valence-corrected chi connectivity index (χ4v) is 2.19.